The molecule has 0 fully saturated rings. The molecule has 7 nitrogen and oxygen atoms in total. The number of likely N-dealkylation sites (N-methyl/N-ethyl adjacent to an activating group) is 1. The molecule has 7 heteroatoms. The molecule has 1 aromatic rings. The Bertz CT molecular complexity index is 539. The highest BCUT2D eigenvalue weighted by Crippen LogP contribution is 2.17. The van der Waals surface area contributed by atoms with Crippen molar-refractivity contribution in [3.8, 4) is 0 Å². The molecule has 0 unspecified atom stereocenters. The van der Waals surface area contributed by atoms with Crippen molar-refractivity contribution in [2.24, 2.45) is 7.05 Å². The number of aliphatic hydroxyl groups is 1. The number of hydrogen-bond acceptors (Lipinski definition) is 5. The Morgan fingerprint density at radius 3 is 2.44 bits per heavy atom. The summed E-state index contributed by atoms with van der Waals surface area (Å²) in [5, 5.41) is 9.82. The van der Waals surface area contributed by atoms with Crippen molar-refractivity contribution >= 4 is 11.5 Å². The minimum Gasteiger partial charge on any atom is -0.389 e. The third kappa shape index (κ3) is 2.92. The second-order valence-electron chi connectivity index (χ2n) is 4.88. The van der Waals surface area contributed by atoms with Gasteiger partial charge in [0.15, 0.2) is 0 Å². The third-order valence-electron chi connectivity index (χ3n) is 2.62. The van der Waals surface area contributed by atoms with Crippen molar-refractivity contribution in [1.29, 1.82) is 0 Å². The van der Waals surface area contributed by atoms with Gasteiger partial charge in [-0.2, -0.15) is 0 Å². The first-order valence-electron chi connectivity index (χ1n) is 5.73. The van der Waals surface area contributed by atoms with Crippen molar-refractivity contribution in [1.82, 2.24) is 9.55 Å². The molecule has 1 aromatic heterocycles. The van der Waals surface area contributed by atoms with Crippen molar-refractivity contribution < 1.29 is 5.11 Å². The Morgan fingerprint density at radius 1 is 1.44 bits per heavy atom. The highest BCUT2D eigenvalue weighted by atomic mass is 16.3. The zero-order valence-corrected chi connectivity index (χ0v) is 11.1. The van der Waals surface area contributed by atoms with Crippen molar-refractivity contribution in [3.05, 3.63) is 20.8 Å². The van der Waals surface area contributed by atoms with Gasteiger partial charge in [0.25, 0.3) is 5.56 Å². The molecule has 0 atom stereocenters. The number of nitrogens with one attached hydrogen (secondary N) is 1. The lowest BCUT2D eigenvalue weighted by molar-refractivity contribution is 0.0875. The maximum Gasteiger partial charge on any atom is 0.329 e. The number of nitrogen functional groups attached to an aromatic ring is 1. The fourth-order valence-electron chi connectivity index (χ4n) is 1.75. The summed E-state index contributed by atoms with van der Waals surface area (Å²) in [6.45, 7) is 5.87. The van der Waals surface area contributed by atoms with E-state index in [1.807, 2.05) is 6.92 Å². The summed E-state index contributed by atoms with van der Waals surface area (Å²) in [4.78, 5) is 27.0. The van der Waals surface area contributed by atoms with Crippen LogP contribution < -0.4 is 21.9 Å². The Kier molecular flexibility index (Phi) is 3.85. The molecule has 0 bridgehead atoms. The predicted molar refractivity (Wildman–Crippen MR) is 70.9 cm³/mol. The molecule has 0 aliphatic heterocycles. The SMILES string of the molecule is CCN(CC(C)(C)O)c1c(N)n(C)c(=O)[nH]c1=O. The number of nitrogens with two attached hydrogens (primary N) is 1. The second-order valence-corrected chi connectivity index (χ2v) is 4.88. The van der Waals surface area contributed by atoms with Crippen LogP contribution in [0.3, 0.4) is 0 Å². The van der Waals surface area contributed by atoms with E-state index in [1.54, 1.807) is 18.7 Å². The highest BCUT2D eigenvalue weighted by molar-refractivity contribution is 5.62. The molecular weight excluding hydrogens is 236 g/mol. The van der Waals surface area contributed by atoms with Gasteiger partial charge < -0.3 is 15.7 Å². The zero-order valence-electron chi connectivity index (χ0n) is 11.1. The van der Waals surface area contributed by atoms with Gasteiger partial charge in [-0.25, -0.2) is 4.79 Å². The molecule has 1 rings (SSSR count). The Morgan fingerprint density at radius 2 is 2.00 bits per heavy atom. The monoisotopic (exact) mass is 256 g/mol. The topological polar surface area (TPSA) is 104 Å². The van der Waals surface area contributed by atoms with Crippen molar-refractivity contribution in [2.45, 2.75) is 26.4 Å². The van der Waals surface area contributed by atoms with Gasteiger partial charge in [-0.3, -0.25) is 14.3 Å². The van der Waals surface area contributed by atoms with Gasteiger partial charge in [0.2, 0.25) is 0 Å². The molecule has 0 aromatic carbocycles. The first kappa shape index (κ1) is 14.3. The van der Waals surface area contributed by atoms with Crippen molar-refractivity contribution in [2.75, 3.05) is 23.7 Å². The molecule has 0 amide bonds. The van der Waals surface area contributed by atoms with Crippen molar-refractivity contribution in [3.63, 3.8) is 0 Å². The van der Waals surface area contributed by atoms with E-state index in [9.17, 15) is 14.7 Å². The minimum atomic E-state index is -0.969. The lowest BCUT2D eigenvalue weighted by Crippen LogP contribution is -2.43. The van der Waals surface area contributed by atoms with Crippen LogP contribution in [-0.4, -0.2) is 33.3 Å². The molecule has 0 aliphatic carbocycles. The van der Waals surface area contributed by atoms with E-state index >= 15 is 0 Å². The molecule has 1 heterocycles. The quantitative estimate of drug-likeness (QED) is 0.657. The van der Waals surface area contributed by atoms with Gasteiger partial charge in [0.05, 0.1) is 5.60 Å². The van der Waals surface area contributed by atoms with E-state index in [2.05, 4.69) is 4.98 Å². The summed E-state index contributed by atoms with van der Waals surface area (Å²) in [6, 6.07) is 0. The molecule has 18 heavy (non-hydrogen) atoms. The number of rotatable bonds is 4. The summed E-state index contributed by atoms with van der Waals surface area (Å²) in [6.07, 6.45) is 0. The average Bonchev–Trinajstić information content (AvgIpc) is 2.23. The third-order valence-corrected chi connectivity index (χ3v) is 2.62. The van der Waals surface area contributed by atoms with Crippen LogP contribution in [0, 0.1) is 0 Å². The molecule has 4 N–H and O–H groups in total. The molecule has 0 radical (unpaired) electrons. The zero-order chi connectivity index (χ0) is 14.1. The van der Waals surface area contributed by atoms with E-state index in [-0.39, 0.29) is 18.1 Å². The summed E-state index contributed by atoms with van der Waals surface area (Å²) in [7, 11) is 1.48. The van der Waals surface area contributed by atoms with Crippen LogP contribution in [0.5, 0.6) is 0 Å². The predicted octanol–water partition coefficient (Wildman–Crippen LogP) is -0.747. The van der Waals surface area contributed by atoms with E-state index < -0.39 is 16.9 Å². The standard InChI is InChI=1S/C11H20N4O3/c1-5-15(6-11(2,3)18)7-8(12)14(4)10(17)13-9(7)16/h18H,5-6,12H2,1-4H3,(H,13,16,17). The van der Waals surface area contributed by atoms with E-state index in [1.165, 1.54) is 11.6 Å². The van der Waals surface area contributed by atoms with Crippen LogP contribution in [0.15, 0.2) is 9.59 Å². The number of hydrogen-bond donors (Lipinski definition) is 3. The van der Waals surface area contributed by atoms with E-state index in [4.69, 9.17) is 5.73 Å². The van der Waals surface area contributed by atoms with Gasteiger partial charge in [-0.15, -0.1) is 0 Å². The highest BCUT2D eigenvalue weighted by Gasteiger charge is 2.22. The van der Waals surface area contributed by atoms with Gasteiger partial charge in [0.1, 0.15) is 11.5 Å². The van der Waals surface area contributed by atoms with E-state index in [0.29, 0.717) is 6.54 Å². The minimum absolute atomic E-state index is 0.0925. The number of anilines is 2. The lowest BCUT2D eigenvalue weighted by atomic mass is 10.1. The smallest absolute Gasteiger partial charge is 0.329 e. The van der Waals surface area contributed by atoms with Gasteiger partial charge >= 0.3 is 5.69 Å². The maximum absolute atomic E-state index is 11.8. The largest absolute Gasteiger partial charge is 0.389 e. The number of nitrogens with zero attached hydrogens (tertiary/aromatic N) is 2. The molecule has 0 spiro atoms. The van der Waals surface area contributed by atoms with Crippen LogP contribution in [0.2, 0.25) is 0 Å². The molecule has 0 saturated carbocycles. The number of aromatic amines is 1. The second kappa shape index (κ2) is 4.85. The number of aromatic nitrogens is 2. The summed E-state index contributed by atoms with van der Waals surface area (Å²) in [5.41, 5.74) is 3.95. The first-order chi connectivity index (χ1) is 8.17. The lowest BCUT2D eigenvalue weighted by Gasteiger charge is -2.30. The number of H-pyrrole nitrogens is 1. The first-order valence-corrected chi connectivity index (χ1v) is 5.73. The van der Waals surface area contributed by atoms with Gasteiger partial charge in [-0.1, -0.05) is 0 Å². The van der Waals surface area contributed by atoms with Gasteiger partial charge in [-0.05, 0) is 20.8 Å². The van der Waals surface area contributed by atoms with Crippen LogP contribution in [0.1, 0.15) is 20.8 Å². The van der Waals surface area contributed by atoms with Crippen LogP contribution >= 0.6 is 0 Å². The average molecular weight is 256 g/mol. The molecule has 0 saturated heterocycles. The van der Waals surface area contributed by atoms with Crippen LogP contribution in [0.25, 0.3) is 0 Å². The van der Waals surface area contributed by atoms with E-state index in [0.717, 1.165) is 0 Å². The fraction of sp³-hybridized carbons (Fsp3) is 0.636. The van der Waals surface area contributed by atoms with Gasteiger partial charge in [0, 0.05) is 20.1 Å². The maximum atomic E-state index is 11.8. The van der Waals surface area contributed by atoms with Crippen LogP contribution in [-0.2, 0) is 7.05 Å². The van der Waals surface area contributed by atoms with Crippen LogP contribution in [0.4, 0.5) is 11.5 Å². The molecule has 102 valence electrons. The Hall–Kier alpha value is -1.76. The summed E-state index contributed by atoms with van der Waals surface area (Å²) in [5.74, 6) is 0.0925. The summed E-state index contributed by atoms with van der Waals surface area (Å²) < 4.78 is 1.17. The Balaban J connectivity index is 3.35. The normalized spacial score (nSPS) is 11.6. The molecular formula is C11H20N4O3. The molecule has 0 aliphatic rings. The summed E-state index contributed by atoms with van der Waals surface area (Å²) >= 11 is 0. The Labute approximate surface area is 105 Å². The fourth-order valence-corrected chi connectivity index (χ4v) is 1.75.